The van der Waals surface area contributed by atoms with E-state index in [1.807, 2.05) is 35.7 Å². The van der Waals surface area contributed by atoms with Crippen LogP contribution in [0.15, 0.2) is 42.0 Å². The largest absolute Gasteiger partial charge is 0.495 e. The van der Waals surface area contributed by atoms with Crippen molar-refractivity contribution in [2.45, 2.75) is 12.5 Å². The van der Waals surface area contributed by atoms with E-state index >= 15 is 0 Å². The van der Waals surface area contributed by atoms with Crippen molar-refractivity contribution in [3.63, 3.8) is 0 Å². The number of carbonyl (C=O) groups is 1. The highest BCUT2D eigenvalue weighted by Crippen LogP contribution is 2.32. The molecule has 4 rings (SSSR count). The number of thiophene rings is 1. The first kappa shape index (κ1) is 14.9. The van der Waals surface area contributed by atoms with Gasteiger partial charge in [-0.2, -0.15) is 0 Å². The van der Waals surface area contributed by atoms with Gasteiger partial charge in [0.25, 0.3) is 0 Å². The summed E-state index contributed by atoms with van der Waals surface area (Å²) in [5.74, 6) is 1.45. The van der Waals surface area contributed by atoms with Crippen LogP contribution in [-0.2, 0) is 4.79 Å². The predicted octanol–water partition coefficient (Wildman–Crippen LogP) is 2.92. The lowest BCUT2D eigenvalue weighted by atomic mass is 10.2. The number of para-hydroxylation sites is 2. The average molecular weight is 340 g/mol. The number of rotatable bonds is 4. The van der Waals surface area contributed by atoms with Crippen LogP contribution >= 0.6 is 11.3 Å². The normalized spacial score (nSPS) is 17.5. The summed E-state index contributed by atoms with van der Waals surface area (Å²) in [6, 6.07) is 9.22. The fourth-order valence-corrected chi connectivity index (χ4v) is 3.76. The van der Waals surface area contributed by atoms with Gasteiger partial charge in [-0.15, -0.1) is 11.3 Å². The molecule has 0 bridgehead atoms. The van der Waals surface area contributed by atoms with Gasteiger partial charge in [-0.1, -0.05) is 12.1 Å². The van der Waals surface area contributed by atoms with Crippen LogP contribution in [0.25, 0.3) is 10.2 Å². The van der Waals surface area contributed by atoms with Gasteiger partial charge < -0.3 is 15.0 Å². The van der Waals surface area contributed by atoms with Crippen LogP contribution in [0.4, 0.5) is 11.5 Å². The highest BCUT2D eigenvalue weighted by atomic mass is 32.1. The molecule has 0 aliphatic carbocycles. The molecule has 0 spiro atoms. The molecule has 24 heavy (non-hydrogen) atoms. The quantitative estimate of drug-likeness (QED) is 0.791. The van der Waals surface area contributed by atoms with Crippen molar-refractivity contribution in [3.8, 4) is 5.75 Å². The van der Waals surface area contributed by atoms with Gasteiger partial charge in [0.15, 0.2) is 0 Å². The molecular formula is C17H16N4O2S. The highest BCUT2D eigenvalue weighted by molar-refractivity contribution is 7.17. The van der Waals surface area contributed by atoms with Crippen molar-refractivity contribution < 1.29 is 9.53 Å². The Hall–Kier alpha value is -2.67. The molecule has 1 aliphatic rings. The number of nitrogens with one attached hydrogen (secondary N) is 1. The molecule has 3 heterocycles. The maximum Gasteiger partial charge on any atom is 0.249 e. The fourth-order valence-electron chi connectivity index (χ4n) is 2.96. The Bertz CT molecular complexity index is 895. The van der Waals surface area contributed by atoms with Gasteiger partial charge in [0.05, 0.1) is 23.0 Å². The maximum atomic E-state index is 12.8. The van der Waals surface area contributed by atoms with Crippen LogP contribution in [0, 0.1) is 0 Å². The van der Waals surface area contributed by atoms with Crippen molar-refractivity contribution in [2.24, 2.45) is 0 Å². The van der Waals surface area contributed by atoms with Gasteiger partial charge in [-0.05, 0) is 30.0 Å². The van der Waals surface area contributed by atoms with E-state index in [2.05, 4.69) is 15.3 Å². The van der Waals surface area contributed by atoms with E-state index in [0.29, 0.717) is 18.7 Å². The number of fused-ring (bicyclic) bond motifs is 1. The minimum Gasteiger partial charge on any atom is -0.495 e. The minimum atomic E-state index is -0.296. The van der Waals surface area contributed by atoms with E-state index in [4.69, 9.17) is 4.74 Å². The van der Waals surface area contributed by atoms with E-state index in [1.54, 1.807) is 23.3 Å². The first-order valence-electron chi connectivity index (χ1n) is 7.67. The molecule has 1 atom stereocenters. The number of methoxy groups -OCH3 is 1. The summed E-state index contributed by atoms with van der Waals surface area (Å²) in [5.41, 5.74) is 1.70. The lowest BCUT2D eigenvalue weighted by Crippen LogP contribution is -2.33. The number of ether oxygens (including phenoxy) is 1. The summed E-state index contributed by atoms with van der Waals surface area (Å²) < 4.78 is 6.35. The second-order valence-electron chi connectivity index (χ2n) is 5.50. The topological polar surface area (TPSA) is 67.3 Å². The summed E-state index contributed by atoms with van der Waals surface area (Å²) in [4.78, 5) is 23.1. The van der Waals surface area contributed by atoms with Crippen molar-refractivity contribution in [1.29, 1.82) is 0 Å². The summed E-state index contributed by atoms with van der Waals surface area (Å²) in [6.45, 7) is 0.648. The Morgan fingerprint density at radius 3 is 3.04 bits per heavy atom. The number of hydrogen-bond acceptors (Lipinski definition) is 6. The highest BCUT2D eigenvalue weighted by Gasteiger charge is 2.34. The van der Waals surface area contributed by atoms with Gasteiger partial charge in [0, 0.05) is 6.54 Å². The Kier molecular flexibility index (Phi) is 3.78. The Balaban J connectivity index is 1.59. The molecule has 1 aliphatic heterocycles. The monoisotopic (exact) mass is 340 g/mol. The van der Waals surface area contributed by atoms with Crippen molar-refractivity contribution >= 4 is 39.0 Å². The number of aromatic nitrogens is 2. The molecule has 0 radical (unpaired) electrons. The minimum absolute atomic E-state index is 0.0304. The van der Waals surface area contributed by atoms with E-state index < -0.39 is 0 Å². The van der Waals surface area contributed by atoms with Crippen molar-refractivity contribution in [3.05, 3.63) is 42.0 Å². The Morgan fingerprint density at radius 1 is 1.29 bits per heavy atom. The number of anilines is 2. The first-order valence-corrected chi connectivity index (χ1v) is 8.55. The molecule has 1 amide bonds. The van der Waals surface area contributed by atoms with E-state index in [9.17, 15) is 4.79 Å². The summed E-state index contributed by atoms with van der Waals surface area (Å²) in [7, 11) is 1.61. The van der Waals surface area contributed by atoms with Crippen LogP contribution < -0.4 is 15.0 Å². The molecule has 6 nitrogen and oxygen atoms in total. The number of benzene rings is 1. The van der Waals surface area contributed by atoms with Crippen molar-refractivity contribution in [2.75, 3.05) is 23.9 Å². The maximum absolute atomic E-state index is 12.8. The zero-order chi connectivity index (χ0) is 16.5. The molecular weight excluding hydrogens is 324 g/mol. The van der Waals surface area contributed by atoms with Gasteiger partial charge in [-0.3, -0.25) is 4.79 Å². The summed E-state index contributed by atoms with van der Waals surface area (Å²) >= 11 is 1.57. The molecule has 1 N–H and O–H groups in total. The van der Waals surface area contributed by atoms with Crippen molar-refractivity contribution in [1.82, 2.24) is 9.97 Å². The van der Waals surface area contributed by atoms with E-state index in [-0.39, 0.29) is 11.9 Å². The van der Waals surface area contributed by atoms with Gasteiger partial charge in [-0.25, -0.2) is 9.97 Å². The van der Waals surface area contributed by atoms with Gasteiger partial charge >= 0.3 is 0 Å². The van der Waals surface area contributed by atoms with Crippen LogP contribution in [0.1, 0.15) is 6.42 Å². The predicted molar refractivity (Wildman–Crippen MR) is 94.8 cm³/mol. The molecule has 0 saturated carbocycles. The zero-order valence-corrected chi connectivity index (χ0v) is 13.9. The van der Waals surface area contributed by atoms with E-state index in [1.165, 1.54) is 6.33 Å². The zero-order valence-electron chi connectivity index (χ0n) is 13.1. The standard InChI is InChI=1S/C17H16N4O2S/c1-23-14-5-3-2-4-13(14)21-8-6-12(17(21)22)20-16-15-11(7-9-24-15)18-10-19-16/h2-5,7,9-10,12H,6,8H2,1H3,(H,18,19,20). The van der Waals surface area contributed by atoms with Gasteiger partial charge in [0.2, 0.25) is 5.91 Å². The third-order valence-electron chi connectivity index (χ3n) is 4.14. The van der Waals surface area contributed by atoms with Crippen LogP contribution in [0.2, 0.25) is 0 Å². The number of amides is 1. The summed E-state index contributed by atoms with van der Waals surface area (Å²) in [6.07, 6.45) is 2.24. The SMILES string of the molecule is COc1ccccc1N1CCC(Nc2ncnc3ccsc23)C1=O. The molecule has 7 heteroatoms. The lowest BCUT2D eigenvalue weighted by Gasteiger charge is -2.20. The molecule has 3 aromatic rings. The second kappa shape index (κ2) is 6.09. The third-order valence-corrected chi connectivity index (χ3v) is 5.05. The molecule has 1 fully saturated rings. The molecule has 122 valence electrons. The molecule has 1 aromatic carbocycles. The Morgan fingerprint density at radius 2 is 2.17 bits per heavy atom. The van der Waals surface area contributed by atoms with E-state index in [0.717, 1.165) is 21.7 Å². The number of hydrogen-bond donors (Lipinski definition) is 1. The fraction of sp³-hybridized carbons (Fsp3) is 0.235. The smallest absolute Gasteiger partial charge is 0.249 e. The second-order valence-corrected chi connectivity index (χ2v) is 6.42. The van der Waals surface area contributed by atoms with Crippen LogP contribution in [0.5, 0.6) is 5.75 Å². The Labute approximate surface area is 143 Å². The summed E-state index contributed by atoms with van der Waals surface area (Å²) in [5, 5.41) is 5.26. The number of carbonyl (C=O) groups excluding carboxylic acids is 1. The average Bonchev–Trinajstić information content (AvgIpc) is 3.23. The molecule has 1 unspecified atom stereocenters. The lowest BCUT2D eigenvalue weighted by molar-refractivity contribution is -0.117. The van der Waals surface area contributed by atoms with Gasteiger partial charge in [0.1, 0.15) is 23.9 Å². The van der Waals surface area contributed by atoms with Crippen LogP contribution in [-0.4, -0.2) is 35.6 Å². The molecule has 2 aromatic heterocycles. The molecule has 1 saturated heterocycles. The first-order chi connectivity index (χ1) is 11.8. The third kappa shape index (κ3) is 2.46. The number of nitrogens with zero attached hydrogens (tertiary/aromatic N) is 3. The van der Waals surface area contributed by atoms with Crippen LogP contribution in [0.3, 0.4) is 0 Å².